The number of carbonyl (C=O) groups is 2. The van der Waals surface area contributed by atoms with Gasteiger partial charge in [-0.1, -0.05) is 26.8 Å². The number of hydrogen-bond donors (Lipinski definition) is 0. The molecule has 0 radical (unpaired) electrons. The molecule has 0 bridgehead atoms. The minimum Gasteiger partial charge on any atom is -0.462 e. The van der Waals surface area contributed by atoms with E-state index in [1.54, 1.807) is 17.9 Å². The van der Waals surface area contributed by atoms with Gasteiger partial charge in [-0.15, -0.1) is 0 Å². The molecule has 5 heteroatoms. The number of nitrogens with zero attached hydrogens (tertiary/aromatic N) is 1. The smallest absolute Gasteiger partial charge is 0.415 e. The van der Waals surface area contributed by atoms with Crippen LogP contribution in [0.2, 0.25) is 0 Å². The average molecular weight is 335 g/mol. The lowest BCUT2D eigenvalue weighted by molar-refractivity contribution is 0.0522. The molecule has 0 saturated carbocycles. The maximum atomic E-state index is 12.4. The van der Waals surface area contributed by atoms with E-state index in [-0.39, 0.29) is 17.8 Å². The second-order valence-electron chi connectivity index (χ2n) is 6.68. The number of benzene rings is 1. The van der Waals surface area contributed by atoms with Crippen LogP contribution in [-0.2, 0) is 10.2 Å². The van der Waals surface area contributed by atoms with E-state index in [0.717, 1.165) is 11.1 Å². The maximum Gasteiger partial charge on any atom is 0.415 e. The van der Waals surface area contributed by atoms with E-state index in [9.17, 15) is 9.59 Å². The first-order chi connectivity index (χ1) is 11.1. The van der Waals surface area contributed by atoms with Gasteiger partial charge in [-0.05, 0) is 50.3 Å². The van der Waals surface area contributed by atoms with Gasteiger partial charge in [-0.25, -0.2) is 9.59 Å². The fourth-order valence-electron chi connectivity index (χ4n) is 2.34. The Kier molecular flexibility index (Phi) is 6.81. The van der Waals surface area contributed by atoms with Crippen molar-refractivity contribution in [2.24, 2.45) is 0 Å². The number of esters is 1. The van der Waals surface area contributed by atoms with Gasteiger partial charge < -0.3 is 14.4 Å². The summed E-state index contributed by atoms with van der Waals surface area (Å²) in [6.45, 7) is 14.9. The second kappa shape index (κ2) is 8.18. The van der Waals surface area contributed by atoms with Crippen LogP contribution < -0.4 is 4.74 Å². The maximum absolute atomic E-state index is 12.4. The molecule has 0 saturated heterocycles. The molecule has 0 aliphatic heterocycles. The monoisotopic (exact) mass is 335 g/mol. The highest BCUT2D eigenvalue weighted by molar-refractivity contribution is 5.94. The molecule has 0 N–H and O–H groups in total. The van der Waals surface area contributed by atoms with Gasteiger partial charge in [-0.2, -0.15) is 0 Å². The zero-order valence-corrected chi connectivity index (χ0v) is 15.9. The molecule has 0 heterocycles. The normalized spacial score (nSPS) is 11.1. The van der Waals surface area contributed by atoms with Crippen molar-refractivity contribution in [3.8, 4) is 5.75 Å². The molecule has 0 aromatic heterocycles. The number of aryl methyl sites for hydroxylation is 1. The van der Waals surface area contributed by atoms with E-state index in [1.165, 1.54) is 0 Å². The lowest BCUT2D eigenvalue weighted by Crippen LogP contribution is -2.33. The number of amides is 1. The molecule has 5 nitrogen and oxygen atoms in total. The third kappa shape index (κ3) is 4.73. The molecule has 134 valence electrons. The van der Waals surface area contributed by atoms with Gasteiger partial charge in [0.25, 0.3) is 0 Å². The number of hydrogen-bond acceptors (Lipinski definition) is 4. The standard InChI is InChI=1S/C19H29NO4/c1-8-20(9-2)18(22)24-16-13(4)11-14(19(5,6)7)12-15(16)17(21)23-10-3/h11-12H,8-10H2,1-7H3. The molecule has 0 aliphatic carbocycles. The Hall–Kier alpha value is -2.04. The Morgan fingerprint density at radius 1 is 1.08 bits per heavy atom. The van der Waals surface area contributed by atoms with Crippen LogP contribution in [0.4, 0.5) is 4.79 Å². The summed E-state index contributed by atoms with van der Waals surface area (Å²) in [6.07, 6.45) is -0.461. The summed E-state index contributed by atoms with van der Waals surface area (Å²) in [4.78, 5) is 26.2. The summed E-state index contributed by atoms with van der Waals surface area (Å²) < 4.78 is 10.7. The third-order valence-corrected chi connectivity index (χ3v) is 3.85. The Morgan fingerprint density at radius 3 is 2.12 bits per heavy atom. The minimum absolute atomic E-state index is 0.132. The van der Waals surface area contributed by atoms with Crippen LogP contribution in [0.1, 0.15) is 63.0 Å². The van der Waals surface area contributed by atoms with Crippen molar-refractivity contribution in [1.29, 1.82) is 0 Å². The fraction of sp³-hybridized carbons (Fsp3) is 0.579. The predicted octanol–water partition coefficient (Wildman–Crippen LogP) is 4.31. The van der Waals surface area contributed by atoms with Gasteiger partial charge in [0.2, 0.25) is 0 Å². The molecule has 1 aromatic carbocycles. The molecule has 0 aliphatic rings. The zero-order valence-electron chi connectivity index (χ0n) is 15.9. The highest BCUT2D eigenvalue weighted by Gasteiger charge is 2.25. The molecule has 24 heavy (non-hydrogen) atoms. The molecule has 1 rings (SSSR count). The van der Waals surface area contributed by atoms with E-state index in [4.69, 9.17) is 9.47 Å². The van der Waals surface area contributed by atoms with Gasteiger partial charge in [0.15, 0.2) is 0 Å². The number of rotatable bonds is 5. The number of carbonyl (C=O) groups excluding carboxylic acids is 2. The van der Waals surface area contributed by atoms with Crippen molar-refractivity contribution in [1.82, 2.24) is 4.90 Å². The van der Waals surface area contributed by atoms with Crippen molar-refractivity contribution in [2.75, 3.05) is 19.7 Å². The summed E-state index contributed by atoms with van der Waals surface area (Å²) in [6, 6.07) is 3.71. The molecular formula is C19H29NO4. The van der Waals surface area contributed by atoms with Crippen molar-refractivity contribution in [3.63, 3.8) is 0 Å². The van der Waals surface area contributed by atoms with Crippen LogP contribution in [0, 0.1) is 6.92 Å². The molecular weight excluding hydrogens is 306 g/mol. The first-order valence-corrected chi connectivity index (χ1v) is 8.44. The van der Waals surface area contributed by atoms with E-state index in [0.29, 0.717) is 18.7 Å². The fourth-order valence-corrected chi connectivity index (χ4v) is 2.34. The van der Waals surface area contributed by atoms with E-state index in [2.05, 4.69) is 20.8 Å². The van der Waals surface area contributed by atoms with Crippen molar-refractivity contribution in [2.45, 2.75) is 53.9 Å². The van der Waals surface area contributed by atoms with Crippen LogP contribution in [-0.4, -0.2) is 36.7 Å². The van der Waals surface area contributed by atoms with Crippen molar-refractivity contribution >= 4 is 12.1 Å². The lowest BCUT2D eigenvalue weighted by atomic mass is 9.85. The van der Waals surface area contributed by atoms with Gasteiger partial charge in [0, 0.05) is 13.1 Å². The summed E-state index contributed by atoms with van der Waals surface area (Å²) in [5.41, 5.74) is 1.90. The summed E-state index contributed by atoms with van der Waals surface area (Å²) >= 11 is 0. The number of ether oxygens (including phenoxy) is 2. The molecule has 0 unspecified atom stereocenters. The van der Waals surface area contributed by atoms with Gasteiger partial charge in [0.1, 0.15) is 11.3 Å². The molecule has 1 aromatic rings. The zero-order chi connectivity index (χ0) is 18.5. The Bertz CT molecular complexity index is 598. The van der Waals surface area contributed by atoms with Gasteiger partial charge in [-0.3, -0.25) is 0 Å². The van der Waals surface area contributed by atoms with Crippen molar-refractivity contribution in [3.05, 3.63) is 28.8 Å². The van der Waals surface area contributed by atoms with Crippen LogP contribution in [0.25, 0.3) is 0 Å². The summed E-state index contributed by atoms with van der Waals surface area (Å²) in [5, 5.41) is 0. The third-order valence-electron chi connectivity index (χ3n) is 3.85. The SMILES string of the molecule is CCOC(=O)c1cc(C(C)(C)C)cc(C)c1OC(=O)N(CC)CC. The molecule has 1 amide bonds. The summed E-state index contributed by atoms with van der Waals surface area (Å²) in [7, 11) is 0. The van der Waals surface area contributed by atoms with Crippen molar-refractivity contribution < 1.29 is 19.1 Å². The van der Waals surface area contributed by atoms with E-state index < -0.39 is 12.1 Å². The van der Waals surface area contributed by atoms with Gasteiger partial charge in [0.05, 0.1) is 6.61 Å². The molecule has 0 atom stereocenters. The Balaban J connectivity index is 3.36. The minimum atomic E-state index is -0.478. The van der Waals surface area contributed by atoms with Crippen LogP contribution in [0.3, 0.4) is 0 Å². The predicted molar refractivity (Wildman–Crippen MR) is 94.8 cm³/mol. The largest absolute Gasteiger partial charge is 0.462 e. The molecule has 0 fully saturated rings. The Labute approximate surface area is 144 Å². The highest BCUT2D eigenvalue weighted by Crippen LogP contribution is 2.32. The van der Waals surface area contributed by atoms with E-state index in [1.807, 2.05) is 26.8 Å². The highest BCUT2D eigenvalue weighted by atomic mass is 16.6. The average Bonchev–Trinajstić information content (AvgIpc) is 2.49. The second-order valence-corrected chi connectivity index (χ2v) is 6.68. The lowest BCUT2D eigenvalue weighted by Gasteiger charge is -2.24. The topological polar surface area (TPSA) is 55.8 Å². The van der Waals surface area contributed by atoms with Crippen LogP contribution in [0.15, 0.2) is 12.1 Å². The molecule has 0 spiro atoms. The van der Waals surface area contributed by atoms with Crippen LogP contribution in [0.5, 0.6) is 5.75 Å². The van der Waals surface area contributed by atoms with Crippen LogP contribution >= 0.6 is 0 Å². The van der Waals surface area contributed by atoms with Gasteiger partial charge >= 0.3 is 12.1 Å². The first-order valence-electron chi connectivity index (χ1n) is 8.44. The van der Waals surface area contributed by atoms with E-state index >= 15 is 0 Å². The first kappa shape index (κ1) is 20.0. The Morgan fingerprint density at radius 2 is 1.67 bits per heavy atom. The summed E-state index contributed by atoms with van der Waals surface area (Å²) in [5.74, 6) is -0.201. The quantitative estimate of drug-likeness (QED) is 0.752.